The van der Waals surface area contributed by atoms with Crippen LogP contribution in [0.5, 0.6) is 0 Å². The van der Waals surface area contributed by atoms with Gasteiger partial charge in [0.1, 0.15) is 12.0 Å². The maximum Gasteiger partial charge on any atom is 0.182 e. The lowest BCUT2D eigenvalue weighted by atomic mass is 9.90. The SMILES string of the molecule is C=NC=N.CC.CC1=C(c2nc(C(=NCC3C=CC=CC3C)c3ccccc3)cc(-c3nc(-c4ccccc4)nc(-c4ccccc4)n3)n2)CCCC=C1. The minimum Gasteiger partial charge on any atom is -0.290 e. The van der Waals surface area contributed by atoms with Gasteiger partial charge in [-0.15, -0.1) is 0 Å². The Morgan fingerprint density at radius 1 is 0.778 bits per heavy atom. The van der Waals surface area contributed by atoms with Gasteiger partial charge in [-0.05, 0) is 56.0 Å². The lowest BCUT2D eigenvalue weighted by molar-refractivity contribution is 0.518. The summed E-state index contributed by atoms with van der Waals surface area (Å²) in [5.41, 5.74) is 7.36. The highest BCUT2D eigenvalue weighted by molar-refractivity contribution is 6.12. The standard InChI is InChI=1S/C42H38N6.C2H4N2.C2H6/c1-29-17-15-16-25-34(29)28-43-38(31-19-8-4-9-20-31)36-27-37(45-41(44-36)35-26-14-3-7-18-30(35)2)42-47-39(32-21-10-5-11-22-32)46-40(48-42)33-23-12-6-13-24-33;1-4-2-3;1-2/h4-13,15-25,27,29,34H,3,14,26,28H2,1-2H3;2-3H,1H2;1-2H3. The van der Waals surface area contributed by atoms with E-state index in [0.717, 1.165) is 59.3 Å². The van der Waals surface area contributed by atoms with Crippen LogP contribution >= 0.6 is 0 Å². The second-order valence-electron chi connectivity index (χ2n) is 12.6. The van der Waals surface area contributed by atoms with Gasteiger partial charge in [-0.1, -0.05) is 148 Å². The summed E-state index contributed by atoms with van der Waals surface area (Å²) in [6.45, 7) is 12.0. The zero-order valence-electron chi connectivity index (χ0n) is 31.6. The molecule has 2 unspecified atom stereocenters. The average molecular weight is 713 g/mol. The molecule has 1 N–H and O–H groups in total. The van der Waals surface area contributed by atoms with Crippen molar-refractivity contribution < 1.29 is 0 Å². The molecule has 272 valence electrons. The molecule has 2 aliphatic carbocycles. The Balaban J connectivity index is 0.000000878. The molecule has 0 saturated carbocycles. The van der Waals surface area contributed by atoms with Crippen LogP contribution in [0, 0.1) is 17.2 Å². The summed E-state index contributed by atoms with van der Waals surface area (Å²) in [5.74, 6) is 3.07. The maximum atomic E-state index is 6.10. The number of rotatable bonds is 9. The number of nitrogens with zero attached hydrogens (tertiary/aromatic N) is 7. The minimum absolute atomic E-state index is 0.303. The fraction of sp³-hybridized carbons (Fsp3) is 0.217. The molecule has 5 aromatic rings. The monoisotopic (exact) mass is 712 g/mol. The largest absolute Gasteiger partial charge is 0.290 e. The van der Waals surface area contributed by atoms with Crippen LogP contribution in [-0.4, -0.2) is 50.2 Å². The second kappa shape index (κ2) is 20.1. The molecule has 0 aliphatic heterocycles. The van der Waals surface area contributed by atoms with Crippen molar-refractivity contribution in [2.45, 2.75) is 47.0 Å². The summed E-state index contributed by atoms with van der Waals surface area (Å²) in [6.07, 6.45) is 17.0. The molecule has 2 atom stereocenters. The molecule has 7 rings (SSSR count). The van der Waals surface area contributed by atoms with Gasteiger partial charge in [-0.3, -0.25) is 15.4 Å². The number of aliphatic imine (C=N–C) groups is 2. The van der Waals surface area contributed by atoms with Crippen LogP contribution < -0.4 is 0 Å². The molecule has 0 amide bonds. The van der Waals surface area contributed by atoms with Gasteiger partial charge in [0.05, 0.1) is 11.4 Å². The first-order chi connectivity index (χ1) is 26.5. The van der Waals surface area contributed by atoms with Crippen molar-refractivity contribution in [3.05, 3.63) is 156 Å². The quantitative estimate of drug-likeness (QED) is 0.121. The van der Waals surface area contributed by atoms with E-state index < -0.39 is 0 Å². The molecule has 2 aliphatic rings. The van der Waals surface area contributed by atoms with E-state index in [1.165, 1.54) is 5.57 Å². The van der Waals surface area contributed by atoms with Crippen molar-refractivity contribution in [2.75, 3.05) is 6.54 Å². The topological polar surface area (TPSA) is 113 Å². The molecule has 54 heavy (non-hydrogen) atoms. The van der Waals surface area contributed by atoms with Gasteiger partial charge >= 0.3 is 0 Å². The summed E-state index contributed by atoms with van der Waals surface area (Å²) in [6, 6.07) is 32.4. The normalized spacial score (nSPS) is 16.3. The van der Waals surface area contributed by atoms with E-state index in [-0.39, 0.29) is 0 Å². The third kappa shape index (κ3) is 10.2. The number of hydrogen-bond donors (Lipinski definition) is 1. The van der Waals surface area contributed by atoms with Crippen LogP contribution in [0.1, 0.15) is 64.0 Å². The lowest BCUT2D eigenvalue weighted by Crippen LogP contribution is -2.16. The highest BCUT2D eigenvalue weighted by Gasteiger charge is 2.21. The zero-order chi connectivity index (χ0) is 38.1. The Hall–Kier alpha value is -6.28. The number of aromatic nitrogens is 5. The van der Waals surface area contributed by atoms with E-state index in [2.05, 4.69) is 74.1 Å². The first-order valence-corrected chi connectivity index (χ1v) is 18.6. The Kier molecular flexibility index (Phi) is 14.5. The molecule has 8 nitrogen and oxygen atoms in total. The van der Waals surface area contributed by atoms with Crippen LogP contribution in [0.15, 0.2) is 149 Å². The Morgan fingerprint density at radius 3 is 1.94 bits per heavy atom. The minimum atomic E-state index is 0.303. The molecule has 0 spiro atoms. The summed E-state index contributed by atoms with van der Waals surface area (Å²) in [4.78, 5) is 33.7. The smallest absolute Gasteiger partial charge is 0.182 e. The first-order valence-electron chi connectivity index (χ1n) is 18.6. The number of nitrogens with one attached hydrogen (secondary N) is 1. The van der Waals surface area contributed by atoms with Crippen LogP contribution in [0.25, 0.3) is 39.9 Å². The molecule has 0 radical (unpaired) electrons. The fourth-order valence-corrected chi connectivity index (χ4v) is 6.09. The second-order valence-corrected chi connectivity index (χ2v) is 12.6. The molecule has 2 aromatic heterocycles. The van der Waals surface area contributed by atoms with Crippen molar-refractivity contribution >= 4 is 24.3 Å². The van der Waals surface area contributed by atoms with Gasteiger partial charge in [0.25, 0.3) is 0 Å². The predicted octanol–water partition coefficient (Wildman–Crippen LogP) is 10.7. The molecule has 2 heterocycles. The predicted molar refractivity (Wildman–Crippen MR) is 225 cm³/mol. The maximum absolute atomic E-state index is 6.10. The van der Waals surface area contributed by atoms with Crippen molar-refractivity contribution in [2.24, 2.45) is 21.8 Å². The van der Waals surface area contributed by atoms with Crippen LogP contribution in [0.3, 0.4) is 0 Å². The third-order valence-corrected chi connectivity index (χ3v) is 8.97. The molecule has 3 aromatic carbocycles. The van der Waals surface area contributed by atoms with Gasteiger partial charge in [0.2, 0.25) is 0 Å². The van der Waals surface area contributed by atoms with E-state index in [1.807, 2.05) is 98.8 Å². The molecular weight excluding hydrogens is 665 g/mol. The van der Waals surface area contributed by atoms with Crippen molar-refractivity contribution in [3.63, 3.8) is 0 Å². The first kappa shape index (κ1) is 38.9. The van der Waals surface area contributed by atoms with E-state index in [9.17, 15) is 0 Å². The van der Waals surface area contributed by atoms with Crippen LogP contribution in [0.2, 0.25) is 0 Å². The van der Waals surface area contributed by atoms with Crippen molar-refractivity contribution in [1.82, 2.24) is 24.9 Å². The van der Waals surface area contributed by atoms with Crippen LogP contribution in [-0.2, 0) is 0 Å². The summed E-state index contributed by atoms with van der Waals surface area (Å²) >= 11 is 0. The Labute approximate surface area is 319 Å². The third-order valence-electron chi connectivity index (χ3n) is 8.97. The fourth-order valence-electron chi connectivity index (χ4n) is 6.09. The van der Waals surface area contributed by atoms with E-state index in [0.29, 0.717) is 47.4 Å². The average Bonchev–Trinajstić information content (AvgIpc) is 3.47. The van der Waals surface area contributed by atoms with Crippen LogP contribution in [0.4, 0.5) is 0 Å². The highest BCUT2D eigenvalue weighted by Crippen LogP contribution is 2.30. The van der Waals surface area contributed by atoms with Gasteiger partial charge in [-0.2, -0.15) is 0 Å². The van der Waals surface area contributed by atoms with E-state index in [1.54, 1.807) is 0 Å². The van der Waals surface area contributed by atoms with E-state index in [4.69, 9.17) is 35.3 Å². The highest BCUT2D eigenvalue weighted by atomic mass is 15.1. The molecule has 0 saturated heterocycles. The van der Waals surface area contributed by atoms with Gasteiger partial charge in [0.15, 0.2) is 23.3 Å². The summed E-state index contributed by atoms with van der Waals surface area (Å²) in [5, 5.41) is 6.10. The lowest BCUT2D eigenvalue weighted by Gasteiger charge is -2.19. The van der Waals surface area contributed by atoms with Gasteiger partial charge < -0.3 is 0 Å². The molecule has 0 bridgehead atoms. The van der Waals surface area contributed by atoms with Gasteiger partial charge in [-0.25, -0.2) is 24.9 Å². The Bertz CT molecular complexity index is 2090. The molecule has 0 fully saturated rings. The van der Waals surface area contributed by atoms with Gasteiger partial charge in [0, 0.05) is 29.2 Å². The number of benzene rings is 3. The van der Waals surface area contributed by atoms with Crippen molar-refractivity contribution in [3.8, 4) is 34.3 Å². The summed E-state index contributed by atoms with van der Waals surface area (Å²) in [7, 11) is 0. The molecular formula is C46H48N8. The van der Waals surface area contributed by atoms with E-state index >= 15 is 0 Å². The summed E-state index contributed by atoms with van der Waals surface area (Å²) < 4.78 is 0. The van der Waals surface area contributed by atoms with Crippen molar-refractivity contribution in [1.29, 1.82) is 5.41 Å². The number of hydrogen-bond acceptors (Lipinski definition) is 7. The Morgan fingerprint density at radius 2 is 1.35 bits per heavy atom. The number of allylic oxidation sites excluding steroid dienone is 7. The zero-order valence-corrected chi connectivity index (χ0v) is 31.6. The molecule has 8 heteroatoms.